The van der Waals surface area contributed by atoms with E-state index in [-0.39, 0.29) is 23.7 Å². The van der Waals surface area contributed by atoms with Gasteiger partial charge in [-0.25, -0.2) is 4.39 Å². The molecular weight excluding hydrogens is 403 g/mol. The van der Waals surface area contributed by atoms with Crippen LogP contribution in [0.2, 0.25) is 5.02 Å². The Morgan fingerprint density at radius 1 is 1.27 bits per heavy atom. The van der Waals surface area contributed by atoms with Gasteiger partial charge in [-0.1, -0.05) is 36.7 Å². The van der Waals surface area contributed by atoms with Crippen LogP contribution in [0.25, 0.3) is 0 Å². The zero-order valence-electron chi connectivity index (χ0n) is 17.9. The second-order valence-corrected chi connectivity index (χ2v) is 8.42. The zero-order valence-corrected chi connectivity index (χ0v) is 18.6. The van der Waals surface area contributed by atoms with Crippen LogP contribution in [-0.2, 0) is 11.3 Å². The number of piperidine rings is 1. The number of carbonyl (C=O) groups excluding carboxylic acids is 1. The molecular formula is C24H30ClFN2O2. The second kappa shape index (κ2) is 10.3. The van der Waals surface area contributed by atoms with Crippen molar-refractivity contribution in [3.05, 3.63) is 63.9 Å². The summed E-state index contributed by atoms with van der Waals surface area (Å²) < 4.78 is 19.4. The van der Waals surface area contributed by atoms with Crippen LogP contribution in [0.4, 0.5) is 4.39 Å². The van der Waals surface area contributed by atoms with Crippen LogP contribution in [0.5, 0.6) is 5.75 Å². The molecule has 0 unspecified atom stereocenters. The van der Waals surface area contributed by atoms with Crippen molar-refractivity contribution < 1.29 is 13.9 Å². The summed E-state index contributed by atoms with van der Waals surface area (Å²) in [7, 11) is 1.66. The molecule has 30 heavy (non-hydrogen) atoms. The maximum absolute atomic E-state index is 14.0. The quantitative estimate of drug-likeness (QED) is 0.647. The number of ether oxygens (including phenoxy) is 1. The molecule has 0 spiro atoms. The van der Waals surface area contributed by atoms with Crippen LogP contribution in [-0.4, -0.2) is 31.0 Å². The number of aryl methyl sites for hydroxylation is 1. The standard InChI is InChI=1S/C24H30ClFN2O2/c1-4-22(18-6-8-23(30-3)16(2)13-18)27-24(29)17-9-11-28(12-10-17)15-19-5-7-20(25)14-21(19)26/h5-8,13-14,17,22H,4,9-12,15H2,1-3H3,(H,27,29)/t22-/m1/s1. The summed E-state index contributed by atoms with van der Waals surface area (Å²) in [5.41, 5.74) is 2.80. The summed E-state index contributed by atoms with van der Waals surface area (Å²) in [5.74, 6) is 0.671. The molecule has 0 saturated carbocycles. The maximum atomic E-state index is 14.0. The SMILES string of the molecule is CC[C@@H](NC(=O)C1CCN(Cc2ccc(Cl)cc2F)CC1)c1ccc(OC)c(C)c1. The van der Waals surface area contributed by atoms with Gasteiger partial charge in [0.1, 0.15) is 11.6 Å². The molecule has 3 rings (SSSR count). The molecule has 2 aromatic carbocycles. The van der Waals surface area contributed by atoms with Gasteiger partial charge in [0.2, 0.25) is 5.91 Å². The van der Waals surface area contributed by atoms with Crippen LogP contribution in [0.15, 0.2) is 36.4 Å². The number of nitrogens with one attached hydrogen (secondary N) is 1. The molecule has 1 fully saturated rings. The highest BCUT2D eigenvalue weighted by atomic mass is 35.5. The van der Waals surface area contributed by atoms with Gasteiger partial charge in [-0.05, 0) is 68.6 Å². The molecule has 1 aliphatic rings. The number of methoxy groups -OCH3 is 1. The van der Waals surface area contributed by atoms with Crippen molar-refractivity contribution >= 4 is 17.5 Å². The average molecular weight is 433 g/mol. The number of hydrogen-bond donors (Lipinski definition) is 1. The van der Waals surface area contributed by atoms with Gasteiger partial charge in [0.25, 0.3) is 0 Å². The van der Waals surface area contributed by atoms with Gasteiger partial charge in [-0.2, -0.15) is 0 Å². The zero-order chi connectivity index (χ0) is 21.7. The van der Waals surface area contributed by atoms with Crippen LogP contribution in [0.3, 0.4) is 0 Å². The van der Waals surface area contributed by atoms with E-state index >= 15 is 0 Å². The van der Waals surface area contributed by atoms with E-state index < -0.39 is 0 Å². The highest BCUT2D eigenvalue weighted by molar-refractivity contribution is 6.30. The first-order chi connectivity index (χ1) is 14.4. The van der Waals surface area contributed by atoms with E-state index in [4.69, 9.17) is 16.3 Å². The first-order valence-electron chi connectivity index (χ1n) is 10.5. The summed E-state index contributed by atoms with van der Waals surface area (Å²) in [4.78, 5) is 15.1. The van der Waals surface area contributed by atoms with E-state index in [0.29, 0.717) is 17.1 Å². The molecule has 162 valence electrons. The fraction of sp³-hybridized carbons (Fsp3) is 0.458. The van der Waals surface area contributed by atoms with Gasteiger partial charge in [-0.15, -0.1) is 0 Å². The smallest absolute Gasteiger partial charge is 0.223 e. The van der Waals surface area contributed by atoms with Gasteiger partial charge >= 0.3 is 0 Å². The molecule has 0 aromatic heterocycles. The third kappa shape index (κ3) is 5.52. The lowest BCUT2D eigenvalue weighted by molar-refractivity contribution is -0.127. The Kier molecular flexibility index (Phi) is 7.73. The van der Waals surface area contributed by atoms with E-state index in [1.165, 1.54) is 6.07 Å². The van der Waals surface area contributed by atoms with E-state index in [1.807, 2.05) is 19.1 Å². The lowest BCUT2D eigenvalue weighted by Gasteiger charge is -2.32. The minimum Gasteiger partial charge on any atom is -0.496 e. The number of likely N-dealkylation sites (tertiary alicyclic amines) is 1. The van der Waals surface area contributed by atoms with Crippen LogP contribution in [0.1, 0.15) is 48.9 Å². The number of amides is 1. The molecule has 4 nitrogen and oxygen atoms in total. The van der Waals surface area contributed by atoms with Gasteiger partial charge in [0, 0.05) is 23.0 Å². The summed E-state index contributed by atoms with van der Waals surface area (Å²) >= 11 is 5.83. The molecule has 1 amide bonds. The van der Waals surface area contributed by atoms with Crippen molar-refractivity contribution in [1.82, 2.24) is 10.2 Å². The molecule has 1 atom stereocenters. The summed E-state index contributed by atoms with van der Waals surface area (Å²) in [6.45, 7) is 6.18. The molecule has 1 aliphatic heterocycles. The lowest BCUT2D eigenvalue weighted by Crippen LogP contribution is -2.41. The highest BCUT2D eigenvalue weighted by Crippen LogP contribution is 2.26. The molecule has 0 radical (unpaired) electrons. The van der Waals surface area contributed by atoms with Gasteiger partial charge < -0.3 is 10.1 Å². The van der Waals surface area contributed by atoms with Crippen molar-refractivity contribution in [1.29, 1.82) is 0 Å². The predicted molar refractivity (Wildman–Crippen MR) is 118 cm³/mol. The van der Waals surface area contributed by atoms with Crippen molar-refractivity contribution in [3.63, 3.8) is 0 Å². The number of benzene rings is 2. The summed E-state index contributed by atoms with van der Waals surface area (Å²) in [6, 6.07) is 10.8. The molecule has 1 N–H and O–H groups in total. The Labute approximate surface area is 183 Å². The topological polar surface area (TPSA) is 41.6 Å². The Bertz CT molecular complexity index is 882. The number of nitrogens with zero attached hydrogens (tertiary/aromatic N) is 1. The first kappa shape index (κ1) is 22.6. The van der Waals surface area contributed by atoms with Crippen molar-refractivity contribution in [2.75, 3.05) is 20.2 Å². The van der Waals surface area contributed by atoms with E-state index in [1.54, 1.807) is 19.2 Å². The molecule has 1 saturated heterocycles. The van der Waals surface area contributed by atoms with Crippen LogP contribution >= 0.6 is 11.6 Å². The van der Waals surface area contributed by atoms with Crippen molar-refractivity contribution in [2.24, 2.45) is 5.92 Å². The summed E-state index contributed by atoms with van der Waals surface area (Å²) in [6.07, 6.45) is 2.38. The molecule has 2 aromatic rings. The van der Waals surface area contributed by atoms with E-state index in [9.17, 15) is 9.18 Å². The Morgan fingerprint density at radius 2 is 2.00 bits per heavy atom. The fourth-order valence-corrected chi connectivity index (χ4v) is 4.23. The fourth-order valence-electron chi connectivity index (χ4n) is 4.07. The Hall–Kier alpha value is -2.11. The molecule has 0 aliphatic carbocycles. The molecule has 1 heterocycles. The molecule has 0 bridgehead atoms. The predicted octanol–water partition coefficient (Wildman–Crippen LogP) is 5.28. The minimum atomic E-state index is -0.275. The second-order valence-electron chi connectivity index (χ2n) is 7.98. The number of rotatable bonds is 7. The van der Waals surface area contributed by atoms with Gasteiger partial charge in [0.15, 0.2) is 0 Å². The number of carbonyl (C=O) groups is 1. The maximum Gasteiger partial charge on any atom is 0.223 e. The monoisotopic (exact) mass is 432 g/mol. The molecule has 6 heteroatoms. The third-order valence-electron chi connectivity index (χ3n) is 5.91. The van der Waals surface area contributed by atoms with Crippen molar-refractivity contribution in [2.45, 2.75) is 45.7 Å². The van der Waals surface area contributed by atoms with Crippen molar-refractivity contribution in [3.8, 4) is 5.75 Å². The van der Waals surface area contributed by atoms with Crippen LogP contribution in [0, 0.1) is 18.7 Å². The minimum absolute atomic E-state index is 0.00953. The number of halogens is 2. The van der Waals surface area contributed by atoms with E-state index in [0.717, 1.165) is 49.2 Å². The Morgan fingerprint density at radius 3 is 2.60 bits per heavy atom. The summed E-state index contributed by atoms with van der Waals surface area (Å²) in [5, 5.41) is 3.63. The largest absolute Gasteiger partial charge is 0.496 e. The van der Waals surface area contributed by atoms with E-state index in [2.05, 4.69) is 23.2 Å². The highest BCUT2D eigenvalue weighted by Gasteiger charge is 2.27. The number of hydrogen-bond acceptors (Lipinski definition) is 3. The normalized spacial score (nSPS) is 16.3. The first-order valence-corrected chi connectivity index (χ1v) is 10.9. The van der Waals surface area contributed by atoms with Gasteiger partial charge in [0.05, 0.1) is 13.2 Å². The van der Waals surface area contributed by atoms with Gasteiger partial charge in [-0.3, -0.25) is 9.69 Å². The average Bonchev–Trinajstić information content (AvgIpc) is 2.74. The third-order valence-corrected chi connectivity index (χ3v) is 6.15. The lowest BCUT2D eigenvalue weighted by atomic mass is 9.94. The van der Waals surface area contributed by atoms with Crippen LogP contribution < -0.4 is 10.1 Å². The Balaban J connectivity index is 1.54.